The predicted octanol–water partition coefficient (Wildman–Crippen LogP) is 3.27. The molecule has 0 atom stereocenters. The van der Waals surface area contributed by atoms with Gasteiger partial charge in [-0.05, 0) is 32.4 Å². The Bertz CT molecular complexity index is 531. The van der Waals surface area contributed by atoms with Crippen molar-refractivity contribution in [3.63, 3.8) is 0 Å². The summed E-state index contributed by atoms with van der Waals surface area (Å²) >= 11 is 1.69. The van der Waals surface area contributed by atoms with E-state index in [1.165, 1.54) is 21.6 Å². The zero-order chi connectivity index (χ0) is 12.4. The second-order valence-corrected chi connectivity index (χ2v) is 5.40. The van der Waals surface area contributed by atoms with Gasteiger partial charge >= 0.3 is 0 Å². The zero-order valence-electron chi connectivity index (χ0n) is 10.4. The van der Waals surface area contributed by atoms with E-state index in [9.17, 15) is 0 Å². The maximum absolute atomic E-state index is 9.00. The third-order valence-electron chi connectivity index (χ3n) is 2.86. The topological polar surface area (TPSA) is 33.1 Å². The molecule has 0 saturated heterocycles. The van der Waals surface area contributed by atoms with Crippen LogP contribution in [0.15, 0.2) is 18.2 Å². The summed E-state index contributed by atoms with van der Waals surface area (Å²) in [5, 5.41) is 10.1. The van der Waals surface area contributed by atoms with Crippen molar-refractivity contribution in [2.75, 3.05) is 6.61 Å². The Morgan fingerprint density at radius 1 is 1.24 bits per heavy atom. The first-order valence-corrected chi connectivity index (χ1v) is 6.58. The average Bonchev–Trinajstić information content (AvgIpc) is 2.64. The Balaban J connectivity index is 2.45. The summed E-state index contributed by atoms with van der Waals surface area (Å²) in [5.74, 6) is 0. The molecule has 1 heterocycles. The zero-order valence-corrected chi connectivity index (χ0v) is 11.3. The molecule has 2 aromatic rings. The van der Waals surface area contributed by atoms with Crippen molar-refractivity contribution in [1.29, 1.82) is 0 Å². The van der Waals surface area contributed by atoms with Crippen molar-refractivity contribution in [1.82, 2.24) is 4.98 Å². The number of benzene rings is 1. The Hall–Kier alpha value is -1.19. The van der Waals surface area contributed by atoms with Gasteiger partial charge in [0.1, 0.15) is 5.01 Å². The fourth-order valence-electron chi connectivity index (χ4n) is 1.84. The van der Waals surface area contributed by atoms with Crippen molar-refractivity contribution in [3.05, 3.63) is 39.9 Å². The smallest absolute Gasteiger partial charge is 0.124 e. The van der Waals surface area contributed by atoms with Crippen molar-refractivity contribution in [2.24, 2.45) is 0 Å². The molecule has 3 heteroatoms. The van der Waals surface area contributed by atoms with Gasteiger partial charge in [0.05, 0.1) is 5.69 Å². The third-order valence-corrected chi connectivity index (χ3v) is 4.11. The van der Waals surface area contributed by atoms with Crippen LogP contribution in [0.5, 0.6) is 0 Å². The number of nitrogens with zero attached hydrogens (tertiary/aromatic N) is 1. The lowest BCUT2D eigenvalue weighted by molar-refractivity contribution is 0.300. The summed E-state index contributed by atoms with van der Waals surface area (Å²) in [6.07, 6.45) is 0.703. The molecular formula is C14H17NOS. The summed E-state index contributed by atoms with van der Waals surface area (Å²) in [4.78, 5) is 5.79. The van der Waals surface area contributed by atoms with Crippen LogP contribution in [0.2, 0.25) is 0 Å². The maximum Gasteiger partial charge on any atom is 0.124 e. The second-order valence-electron chi connectivity index (χ2n) is 4.32. The normalized spacial score (nSPS) is 10.8. The molecule has 0 fully saturated rings. The molecule has 2 nitrogen and oxygen atoms in total. The molecule has 0 aliphatic rings. The van der Waals surface area contributed by atoms with Crippen LogP contribution < -0.4 is 0 Å². The highest BCUT2D eigenvalue weighted by molar-refractivity contribution is 7.15. The standard InChI is InChI=1S/C14H17NOS/c1-9-4-5-10(2)12(8-9)14-15-11(3)13(17-14)6-7-16/h4-5,8,16H,6-7H2,1-3H3. The highest BCUT2D eigenvalue weighted by Crippen LogP contribution is 2.30. The van der Waals surface area contributed by atoms with E-state index in [0.29, 0.717) is 6.42 Å². The molecule has 0 spiro atoms. The van der Waals surface area contributed by atoms with E-state index < -0.39 is 0 Å². The lowest BCUT2D eigenvalue weighted by Crippen LogP contribution is -1.88. The minimum absolute atomic E-state index is 0.190. The number of thiazole rings is 1. The Morgan fingerprint density at radius 2 is 2.00 bits per heavy atom. The Morgan fingerprint density at radius 3 is 2.71 bits per heavy atom. The first kappa shape index (κ1) is 12.3. The van der Waals surface area contributed by atoms with Crippen molar-refractivity contribution in [2.45, 2.75) is 27.2 Å². The average molecular weight is 247 g/mol. The van der Waals surface area contributed by atoms with Crippen LogP contribution in [-0.4, -0.2) is 16.7 Å². The van der Waals surface area contributed by atoms with Gasteiger partial charge in [-0.1, -0.05) is 17.7 Å². The third kappa shape index (κ3) is 2.56. The van der Waals surface area contributed by atoms with Gasteiger partial charge in [0, 0.05) is 23.5 Å². The number of aromatic nitrogens is 1. The molecule has 0 amide bonds. The molecular weight excluding hydrogens is 230 g/mol. The van der Waals surface area contributed by atoms with Gasteiger partial charge in [0.25, 0.3) is 0 Å². The van der Waals surface area contributed by atoms with Crippen LogP contribution in [0.25, 0.3) is 10.6 Å². The Kier molecular flexibility index (Phi) is 3.60. The van der Waals surface area contributed by atoms with Gasteiger partial charge < -0.3 is 5.11 Å². The molecule has 0 saturated carbocycles. The van der Waals surface area contributed by atoms with Crippen LogP contribution >= 0.6 is 11.3 Å². The van der Waals surface area contributed by atoms with Gasteiger partial charge in [0.15, 0.2) is 0 Å². The molecule has 17 heavy (non-hydrogen) atoms. The van der Waals surface area contributed by atoms with E-state index in [-0.39, 0.29) is 6.61 Å². The number of hydrogen-bond donors (Lipinski definition) is 1. The number of aryl methyl sites for hydroxylation is 3. The second kappa shape index (κ2) is 4.98. The molecule has 2 rings (SSSR count). The SMILES string of the molecule is Cc1ccc(C)c(-c2nc(C)c(CCO)s2)c1. The first-order valence-electron chi connectivity index (χ1n) is 5.76. The summed E-state index contributed by atoms with van der Waals surface area (Å²) in [5.41, 5.74) is 4.75. The maximum atomic E-state index is 9.00. The van der Waals surface area contributed by atoms with Gasteiger partial charge in [-0.15, -0.1) is 11.3 Å². The molecule has 1 N–H and O–H groups in total. The quantitative estimate of drug-likeness (QED) is 0.903. The predicted molar refractivity (Wildman–Crippen MR) is 72.6 cm³/mol. The van der Waals surface area contributed by atoms with E-state index >= 15 is 0 Å². The minimum Gasteiger partial charge on any atom is -0.396 e. The highest BCUT2D eigenvalue weighted by Gasteiger charge is 2.10. The minimum atomic E-state index is 0.190. The van der Waals surface area contributed by atoms with Crippen LogP contribution in [0.4, 0.5) is 0 Å². The van der Waals surface area contributed by atoms with Crippen molar-refractivity contribution >= 4 is 11.3 Å². The molecule has 0 radical (unpaired) electrons. The van der Waals surface area contributed by atoms with Gasteiger partial charge in [0.2, 0.25) is 0 Å². The van der Waals surface area contributed by atoms with Crippen LogP contribution in [0.3, 0.4) is 0 Å². The molecule has 0 unspecified atom stereocenters. The lowest BCUT2D eigenvalue weighted by atomic mass is 10.1. The number of rotatable bonds is 3. The van der Waals surface area contributed by atoms with Crippen LogP contribution in [0.1, 0.15) is 21.7 Å². The van der Waals surface area contributed by atoms with E-state index in [4.69, 9.17) is 5.11 Å². The fraction of sp³-hybridized carbons (Fsp3) is 0.357. The summed E-state index contributed by atoms with van der Waals surface area (Å²) < 4.78 is 0. The molecule has 1 aromatic carbocycles. The van der Waals surface area contributed by atoms with E-state index in [2.05, 4.69) is 37.0 Å². The van der Waals surface area contributed by atoms with E-state index in [1.54, 1.807) is 11.3 Å². The summed E-state index contributed by atoms with van der Waals surface area (Å²) in [6, 6.07) is 6.43. The number of aliphatic hydroxyl groups excluding tert-OH is 1. The molecule has 90 valence electrons. The number of aliphatic hydroxyl groups is 1. The first-order chi connectivity index (χ1) is 8.11. The molecule has 0 aliphatic carbocycles. The van der Waals surface area contributed by atoms with Crippen molar-refractivity contribution in [3.8, 4) is 10.6 Å². The summed E-state index contributed by atoms with van der Waals surface area (Å²) in [7, 11) is 0. The number of hydrogen-bond acceptors (Lipinski definition) is 3. The van der Waals surface area contributed by atoms with E-state index in [0.717, 1.165) is 10.7 Å². The van der Waals surface area contributed by atoms with E-state index in [1.807, 2.05) is 6.92 Å². The Labute approximate surface area is 106 Å². The van der Waals surface area contributed by atoms with Gasteiger partial charge in [-0.2, -0.15) is 0 Å². The molecule has 1 aromatic heterocycles. The monoisotopic (exact) mass is 247 g/mol. The summed E-state index contributed by atoms with van der Waals surface area (Å²) in [6.45, 7) is 6.40. The van der Waals surface area contributed by atoms with Crippen molar-refractivity contribution < 1.29 is 5.11 Å². The van der Waals surface area contributed by atoms with Gasteiger partial charge in [-0.3, -0.25) is 0 Å². The molecule has 0 aliphatic heterocycles. The highest BCUT2D eigenvalue weighted by atomic mass is 32.1. The fourth-order valence-corrected chi connectivity index (χ4v) is 2.98. The largest absolute Gasteiger partial charge is 0.396 e. The van der Waals surface area contributed by atoms with Crippen LogP contribution in [-0.2, 0) is 6.42 Å². The van der Waals surface area contributed by atoms with Gasteiger partial charge in [-0.25, -0.2) is 4.98 Å². The van der Waals surface area contributed by atoms with Crippen LogP contribution in [0, 0.1) is 20.8 Å². The lowest BCUT2D eigenvalue weighted by Gasteiger charge is -2.03. The molecule has 0 bridgehead atoms.